The second-order valence-electron chi connectivity index (χ2n) is 4.65. The first-order valence-corrected chi connectivity index (χ1v) is 6.56. The SMILES string of the molecule is CC(C)Oc1ncnc(NCCc2cccnc2)c1N. The first-order valence-electron chi connectivity index (χ1n) is 6.56. The molecule has 2 heterocycles. The Hall–Kier alpha value is -2.37. The minimum atomic E-state index is 0.0236. The number of nitrogens with two attached hydrogens (primary N) is 1. The summed E-state index contributed by atoms with van der Waals surface area (Å²) in [5.41, 5.74) is 7.58. The number of pyridine rings is 1. The Balaban J connectivity index is 1.96. The Kier molecular flexibility index (Phi) is 4.70. The van der Waals surface area contributed by atoms with E-state index in [1.165, 1.54) is 6.33 Å². The minimum Gasteiger partial charge on any atom is -0.473 e. The van der Waals surface area contributed by atoms with Crippen LogP contribution in [0.1, 0.15) is 19.4 Å². The lowest BCUT2D eigenvalue weighted by molar-refractivity contribution is 0.234. The molecule has 6 nitrogen and oxygen atoms in total. The van der Waals surface area contributed by atoms with Crippen LogP contribution in [-0.4, -0.2) is 27.6 Å². The summed E-state index contributed by atoms with van der Waals surface area (Å²) in [6.07, 6.45) is 5.92. The largest absolute Gasteiger partial charge is 0.473 e. The lowest BCUT2D eigenvalue weighted by atomic mass is 10.2. The highest BCUT2D eigenvalue weighted by Crippen LogP contribution is 2.25. The molecule has 0 saturated heterocycles. The molecular formula is C14H19N5O. The molecule has 0 spiro atoms. The molecular weight excluding hydrogens is 254 g/mol. The fraction of sp³-hybridized carbons (Fsp3) is 0.357. The molecule has 2 rings (SSSR count). The van der Waals surface area contributed by atoms with Gasteiger partial charge in [0.1, 0.15) is 12.0 Å². The zero-order chi connectivity index (χ0) is 14.4. The van der Waals surface area contributed by atoms with E-state index in [2.05, 4.69) is 20.3 Å². The Bertz CT molecular complexity index is 545. The number of aromatic nitrogens is 3. The number of nitrogens with zero attached hydrogens (tertiary/aromatic N) is 3. The smallest absolute Gasteiger partial charge is 0.242 e. The first-order chi connectivity index (χ1) is 9.66. The predicted molar refractivity (Wildman–Crippen MR) is 78.6 cm³/mol. The topological polar surface area (TPSA) is 86.0 Å². The van der Waals surface area contributed by atoms with Crippen molar-refractivity contribution in [2.45, 2.75) is 26.4 Å². The second-order valence-corrected chi connectivity index (χ2v) is 4.65. The van der Waals surface area contributed by atoms with Crippen LogP contribution in [0, 0.1) is 0 Å². The summed E-state index contributed by atoms with van der Waals surface area (Å²) in [5, 5.41) is 3.19. The van der Waals surface area contributed by atoms with Gasteiger partial charge < -0.3 is 15.8 Å². The molecule has 0 fully saturated rings. The molecule has 0 aliphatic heterocycles. The van der Waals surface area contributed by atoms with Crippen LogP contribution in [-0.2, 0) is 6.42 Å². The molecule has 0 amide bonds. The average molecular weight is 273 g/mol. The Labute approximate surface area is 118 Å². The van der Waals surface area contributed by atoms with Crippen molar-refractivity contribution in [2.75, 3.05) is 17.6 Å². The van der Waals surface area contributed by atoms with Crippen LogP contribution in [0.4, 0.5) is 11.5 Å². The van der Waals surface area contributed by atoms with Gasteiger partial charge in [-0.2, -0.15) is 4.98 Å². The van der Waals surface area contributed by atoms with Crippen LogP contribution in [0.15, 0.2) is 30.9 Å². The van der Waals surface area contributed by atoms with Crippen molar-refractivity contribution in [3.05, 3.63) is 36.4 Å². The molecule has 0 atom stereocenters. The van der Waals surface area contributed by atoms with Crippen molar-refractivity contribution >= 4 is 11.5 Å². The van der Waals surface area contributed by atoms with Gasteiger partial charge in [-0.05, 0) is 31.9 Å². The van der Waals surface area contributed by atoms with Crippen LogP contribution in [0.5, 0.6) is 5.88 Å². The third kappa shape index (κ3) is 3.81. The van der Waals surface area contributed by atoms with Gasteiger partial charge in [0.15, 0.2) is 5.82 Å². The van der Waals surface area contributed by atoms with Gasteiger partial charge in [-0.3, -0.25) is 4.98 Å². The van der Waals surface area contributed by atoms with E-state index in [1.54, 1.807) is 6.20 Å². The molecule has 0 saturated carbocycles. The number of ether oxygens (including phenoxy) is 1. The van der Waals surface area contributed by atoms with E-state index in [9.17, 15) is 0 Å². The Morgan fingerprint density at radius 2 is 2.20 bits per heavy atom. The summed E-state index contributed by atoms with van der Waals surface area (Å²) in [6.45, 7) is 4.57. The number of nitrogens with one attached hydrogen (secondary N) is 1. The Morgan fingerprint density at radius 1 is 1.35 bits per heavy atom. The maximum atomic E-state index is 5.99. The zero-order valence-electron chi connectivity index (χ0n) is 11.7. The van der Waals surface area contributed by atoms with Crippen molar-refractivity contribution in [1.29, 1.82) is 0 Å². The van der Waals surface area contributed by atoms with Crippen molar-refractivity contribution < 1.29 is 4.74 Å². The second kappa shape index (κ2) is 6.70. The normalized spacial score (nSPS) is 10.6. The molecule has 0 aromatic carbocycles. The Morgan fingerprint density at radius 3 is 2.90 bits per heavy atom. The van der Waals surface area contributed by atoms with Gasteiger partial charge in [-0.25, -0.2) is 4.98 Å². The maximum absolute atomic E-state index is 5.99. The summed E-state index contributed by atoms with van der Waals surface area (Å²) >= 11 is 0. The van der Waals surface area contributed by atoms with Gasteiger partial charge in [0, 0.05) is 18.9 Å². The molecule has 0 radical (unpaired) electrons. The molecule has 3 N–H and O–H groups in total. The molecule has 20 heavy (non-hydrogen) atoms. The summed E-state index contributed by atoms with van der Waals surface area (Å²) in [6, 6.07) is 3.95. The van der Waals surface area contributed by atoms with Crippen molar-refractivity contribution in [3.8, 4) is 5.88 Å². The van der Waals surface area contributed by atoms with E-state index < -0.39 is 0 Å². The fourth-order valence-electron chi connectivity index (χ4n) is 1.71. The van der Waals surface area contributed by atoms with E-state index in [0.717, 1.165) is 12.0 Å². The van der Waals surface area contributed by atoms with Crippen molar-refractivity contribution in [2.24, 2.45) is 0 Å². The minimum absolute atomic E-state index is 0.0236. The summed E-state index contributed by atoms with van der Waals surface area (Å²) in [5.74, 6) is 1.01. The average Bonchev–Trinajstić information content (AvgIpc) is 2.43. The van der Waals surface area contributed by atoms with Gasteiger partial charge in [0.05, 0.1) is 6.10 Å². The molecule has 106 valence electrons. The monoisotopic (exact) mass is 273 g/mol. The molecule has 0 aliphatic carbocycles. The fourth-order valence-corrected chi connectivity index (χ4v) is 1.71. The number of hydrogen-bond acceptors (Lipinski definition) is 6. The van der Waals surface area contributed by atoms with Crippen molar-refractivity contribution in [1.82, 2.24) is 15.0 Å². The molecule has 2 aromatic heterocycles. The number of rotatable bonds is 6. The van der Waals surface area contributed by atoms with E-state index in [0.29, 0.717) is 23.9 Å². The predicted octanol–water partition coefficient (Wildman–Crippen LogP) is 1.90. The number of hydrogen-bond donors (Lipinski definition) is 2. The van der Waals surface area contributed by atoms with Crippen LogP contribution >= 0.6 is 0 Å². The van der Waals surface area contributed by atoms with Crippen LogP contribution < -0.4 is 15.8 Å². The lowest BCUT2D eigenvalue weighted by Gasteiger charge is -2.13. The first kappa shape index (κ1) is 14.0. The lowest BCUT2D eigenvalue weighted by Crippen LogP contribution is -2.13. The van der Waals surface area contributed by atoms with Crippen LogP contribution in [0.2, 0.25) is 0 Å². The number of nitrogen functional groups attached to an aromatic ring is 1. The van der Waals surface area contributed by atoms with E-state index >= 15 is 0 Å². The van der Waals surface area contributed by atoms with Gasteiger partial charge in [0.25, 0.3) is 0 Å². The summed E-state index contributed by atoms with van der Waals surface area (Å²) in [7, 11) is 0. The molecule has 2 aromatic rings. The molecule has 0 bridgehead atoms. The summed E-state index contributed by atoms with van der Waals surface area (Å²) < 4.78 is 5.52. The standard InChI is InChI=1S/C14H19N5O/c1-10(2)20-14-12(15)13(18-9-19-14)17-7-5-11-4-3-6-16-8-11/h3-4,6,8-10H,5,7,15H2,1-2H3,(H,17,18,19). The van der Waals surface area contributed by atoms with E-state index in [-0.39, 0.29) is 6.10 Å². The molecule has 0 aliphatic rings. The third-order valence-electron chi connectivity index (χ3n) is 2.62. The summed E-state index contributed by atoms with van der Waals surface area (Å²) in [4.78, 5) is 12.2. The van der Waals surface area contributed by atoms with E-state index in [1.807, 2.05) is 32.2 Å². The number of anilines is 2. The highest BCUT2D eigenvalue weighted by atomic mass is 16.5. The maximum Gasteiger partial charge on any atom is 0.242 e. The van der Waals surface area contributed by atoms with E-state index in [4.69, 9.17) is 10.5 Å². The van der Waals surface area contributed by atoms with Crippen molar-refractivity contribution in [3.63, 3.8) is 0 Å². The third-order valence-corrected chi connectivity index (χ3v) is 2.62. The van der Waals surface area contributed by atoms with Gasteiger partial charge in [-0.15, -0.1) is 0 Å². The highest BCUT2D eigenvalue weighted by Gasteiger charge is 2.10. The van der Waals surface area contributed by atoms with Gasteiger partial charge in [-0.1, -0.05) is 6.07 Å². The van der Waals surface area contributed by atoms with Crippen LogP contribution in [0.3, 0.4) is 0 Å². The molecule has 6 heteroatoms. The molecule has 0 unspecified atom stereocenters. The van der Waals surface area contributed by atoms with Gasteiger partial charge in [0.2, 0.25) is 5.88 Å². The van der Waals surface area contributed by atoms with Gasteiger partial charge >= 0.3 is 0 Å². The highest BCUT2D eigenvalue weighted by molar-refractivity contribution is 5.66. The van der Waals surface area contributed by atoms with Crippen LogP contribution in [0.25, 0.3) is 0 Å². The zero-order valence-corrected chi connectivity index (χ0v) is 11.7. The quantitative estimate of drug-likeness (QED) is 0.836.